The number of aryl methyl sites for hydroxylation is 1. The van der Waals surface area contributed by atoms with Gasteiger partial charge in [-0.15, -0.1) is 12.4 Å². The van der Waals surface area contributed by atoms with Crippen molar-refractivity contribution in [2.75, 3.05) is 12.4 Å². The van der Waals surface area contributed by atoms with Crippen molar-refractivity contribution in [2.45, 2.75) is 13.5 Å². The molecule has 0 aliphatic heterocycles. The third-order valence-corrected chi connectivity index (χ3v) is 3.79. The fourth-order valence-corrected chi connectivity index (χ4v) is 2.47. The van der Waals surface area contributed by atoms with Gasteiger partial charge in [0, 0.05) is 24.2 Å². The molecule has 5 heteroatoms. The Morgan fingerprint density at radius 1 is 1.17 bits per heavy atom. The topological polar surface area (TPSA) is 57.9 Å². The Hall–Kier alpha value is -2.77. The number of halogens is 1. The van der Waals surface area contributed by atoms with Crippen LogP contribution < -0.4 is 10.1 Å². The second-order valence-electron chi connectivity index (χ2n) is 5.38. The molecule has 1 N–H and O–H groups in total. The molecule has 3 aromatic rings. The maximum absolute atomic E-state index is 9.36. The zero-order valence-electron chi connectivity index (χ0n) is 13.5. The third kappa shape index (κ3) is 3.58. The number of pyridine rings is 1. The average Bonchev–Trinajstić information content (AvgIpc) is 2.60. The maximum atomic E-state index is 9.36. The molecule has 0 atom stereocenters. The zero-order valence-corrected chi connectivity index (χ0v) is 14.4. The molecule has 24 heavy (non-hydrogen) atoms. The molecule has 0 aliphatic rings. The van der Waals surface area contributed by atoms with E-state index in [1.54, 1.807) is 13.3 Å². The van der Waals surface area contributed by atoms with Gasteiger partial charge in [0.05, 0.1) is 23.9 Å². The summed E-state index contributed by atoms with van der Waals surface area (Å²) in [7, 11) is 1.63. The van der Waals surface area contributed by atoms with E-state index in [0.717, 1.165) is 27.9 Å². The molecule has 3 rings (SSSR count). The first-order chi connectivity index (χ1) is 11.2. The predicted molar refractivity (Wildman–Crippen MR) is 98.8 cm³/mol. The third-order valence-electron chi connectivity index (χ3n) is 3.79. The van der Waals surface area contributed by atoms with Crippen molar-refractivity contribution >= 4 is 29.0 Å². The van der Waals surface area contributed by atoms with Crippen LogP contribution in [-0.2, 0) is 6.54 Å². The highest BCUT2D eigenvalue weighted by molar-refractivity contribution is 5.94. The lowest BCUT2D eigenvalue weighted by molar-refractivity contribution is 0.415. The smallest absolute Gasteiger partial charge is 0.121 e. The molecular weight excluding hydrogens is 322 g/mol. The summed E-state index contributed by atoms with van der Waals surface area (Å²) in [5.41, 5.74) is 4.54. The van der Waals surface area contributed by atoms with Gasteiger partial charge in [-0.05, 0) is 24.6 Å². The van der Waals surface area contributed by atoms with Crippen LogP contribution >= 0.6 is 12.4 Å². The molecule has 122 valence electrons. The number of fused-ring (bicyclic) bond motifs is 1. The number of nitriles is 1. The standard InChI is InChI=1S/C19H17N3O.ClH/c1-13-3-5-14(6-4-13)11-22-19-15(10-20)12-21-18-9-16(23-2)7-8-17(18)19;/h3-9,12H,11H2,1-2H3,(H,21,22);1H. The molecule has 0 saturated carbocycles. The van der Waals surface area contributed by atoms with Crippen LogP contribution in [0, 0.1) is 18.3 Å². The molecule has 0 bridgehead atoms. The summed E-state index contributed by atoms with van der Waals surface area (Å²) in [6.45, 7) is 2.72. The van der Waals surface area contributed by atoms with Crippen molar-refractivity contribution < 1.29 is 4.74 Å². The predicted octanol–water partition coefficient (Wildman–Crippen LogP) is 4.46. The number of ether oxygens (including phenoxy) is 1. The fraction of sp³-hybridized carbons (Fsp3) is 0.158. The van der Waals surface area contributed by atoms with E-state index in [9.17, 15) is 5.26 Å². The second-order valence-corrected chi connectivity index (χ2v) is 5.38. The van der Waals surface area contributed by atoms with Crippen LogP contribution in [-0.4, -0.2) is 12.1 Å². The Bertz CT molecular complexity index is 885. The zero-order chi connectivity index (χ0) is 16.2. The van der Waals surface area contributed by atoms with Gasteiger partial charge in [0.15, 0.2) is 0 Å². The Kier molecular flexibility index (Phi) is 5.62. The van der Waals surface area contributed by atoms with E-state index in [0.29, 0.717) is 12.1 Å². The van der Waals surface area contributed by atoms with Crippen molar-refractivity contribution in [2.24, 2.45) is 0 Å². The summed E-state index contributed by atoms with van der Waals surface area (Å²) in [6.07, 6.45) is 1.60. The van der Waals surface area contributed by atoms with Crippen LogP contribution in [0.1, 0.15) is 16.7 Å². The Balaban J connectivity index is 0.00000208. The number of methoxy groups -OCH3 is 1. The van der Waals surface area contributed by atoms with Gasteiger partial charge >= 0.3 is 0 Å². The fourth-order valence-electron chi connectivity index (χ4n) is 2.47. The highest BCUT2D eigenvalue weighted by atomic mass is 35.5. The average molecular weight is 340 g/mol. The molecule has 1 aromatic heterocycles. The first kappa shape index (κ1) is 17.6. The lowest BCUT2D eigenvalue weighted by Crippen LogP contribution is -2.03. The number of nitrogens with one attached hydrogen (secondary N) is 1. The largest absolute Gasteiger partial charge is 0.497 e. The molecule has 0 amide bonds. The molecular formula is C19H18ClN3O. The van der Waals surface area contributed by atoms with Crippen molar-refractivity contribution in [3.63, 3.8) is 0 Å². The van der Waals surface area contributed by atoms with Crippen LogP contribution in [0.2, 0.25) is 0 Å². The minimum Gasteiger partial charge on any atom is -0.497 e. The van der Waals surface area contributed by atoms with Gasteiger partial charge in [0.2, 0.25) is 0 Å². The SMILES string of the molecule is COc1ccc2c(NCc3ccc(C)cc3)c(C#N)cnc2c1.Cl. The van der Waals surface area contributed by atoms with E-state index in [1.807, 2.05) is 18.2 Å². The van der Waals surface area contributed by atoms with Crippen LogP contribution in [0.3, 0.4) is 0 Å². The lowest BCUT2D eigenvalue weighted by Gasteiger charge is -2.12. The van der Waals surface area contributed by atoms with E-state index >= 15 is 0 Å². The number of benzene rings is 2. The summed E-state index contributed by atoms with van der Waals surface area (Å²) in [5.74, 6) is 0.749. The van der Waals surface area contributed by atoms with Gasteiger partial charge in [-0.1, -0.05) is 29.8 Å². The summed E-state index contributed by atoms with van der Waals surface area (Å²) < 4.78 is 5.23. The first-order valence-corrected chi connectivity index (χ1v) is 7.37. The molecule has 0 fully saturated rings. The highest BCUT2D eigenvalue weighted by Gasteiger charge is 2.09. The summed E-state index contributed by atoms with van der Waals surface area (Å²) in [4.78, 5) is 4.35. The molecule has 0 saturated heterocycles. The van der Waals surface area contributed by atoms with E-state index in [2.05, 4.69) is 47.6 Å². The van der Waals surface area contributed by atoms with Crippen molar-refractivity contribution in [1.82, 2.24) is 4.98 Å². The van der Waals surface area contributed by atoms with E-state index in [-0.39, 0.29) is 12.4 Å². The molecule has 2 aromatic carbocycles. The molecule has 0 aliphatic carbocycles. The maximum Gasteiger partial charge on any atom is 0.121 e. The highest BCUT2D eigenvalue weighted by Crippen LogP contribution is 2.28. The summed E-state index contributed by atoms with van der Waals surface area (Å²) in [5, 5.41) is 13.6. The van der Waals surface area contributed by atoms with Crippen LogP contribution in [0.4, 0.5) is 5.69 Å². The lowest BCUT2D eigenvalue weighted by atomic mass is 10.1. The van der Waals surface area contributed by atoms with E-state index in [4.69, 9.17) is 4.74 Å². The molecule has 1 heterocycles. The normalized spacial score (nSPS) is 9.88. The van der Waals surface area contributed by atoms with Crippen LogP contribution in [0.25, 0.3) is 10.9 Å². The quantitative estimate of drug-likeness (QED) is 0.762. The minimum absolute atomic E-state index is 0. The van der Waals surface area contributed by atoms with E-state index in [1.165, 1.54) is 5.56 Å². The molecule has 0 spiro atoms. The van der Waals surface area contributed by atoms with Gasteiger partial charge in [-0.25, -0.2) is 0 Å². The van der Waals surface area contributed by atoms with Gasteiger partial charge in [0.1, 0.15) is 11.8 Å². The number of anilines is 1. The van der Waals surface area contributed by atoms with Crippen molar-refractivity contribution in [3.8, 4) is 11.8 Å². The van der Waals surface area contributed by atoms with Crippen molar-refractivity contribution in [1.29, 1.82) is 5.26 Å². The van der Waals surface area contributed by atoms with E-state index < -0.39 is 0 Å². The van der Waals surface area contributed by atoms with Gasteiger partial charge in [-0.3, -0.25) is 4.98 Å². The molecule has 4 nitrogen and oxygen atoms in total. The van der Waals surface area contributed by atoms with Gasteiger partial charge in [-0.2, -0.15) is 5.26 Å². The number of aromatic nitrogens is 1. The molecule has 0 unspecified atom stereocenters. The first-order valence-electron chi connectivity index (χ1n) is 7.37. The number of rotatable bonds is 4. The van der Waals surface area contributed by atoms with Crippen LogP contribution in [0.15, 0.2) is 48.7 Å². The van der Waals surface area contributed by atoms with Gasteiger partial charge < -0.3 is 10.1 Å². The Morgan fingerprint density at radius 3 is 2.58 bits per heavy atom. The van der Waals surface area contributed by atoms with Gasteiger partial charge in [0.25, 0.3) is 0 Å². The summed E-state index contributed by atoms with van der Waals surface area (Å²) >= 11 is 0. The minimum atomic E-state index is 0. The second kappa shape index (κ2) is 7.67. The number of hydrogen-bond donors (Lipinski definition) is 1. The van der Waals surface area contributed by atoms with Crippen molar-refractivity contribution in [3.05, 3.63) is 65.4 Å². The number of hydrogen-bond acceptors (Lipinski definition) is 4. The Morgan fingerprint density at radius 2 is 1.92 bits per heavy atom. The number of nitrogens with zero attached hydrogens (tertiary/aromatic N) is 2. The monoisotopic (exact) mass is 339 g/mol. The Labute approximate surface area is 147 Å². The van der Waals surface area contributed by atoms with Crippen LogP contribution in [0.5, 0.6) is 5.75 Å². The molecule has 0 radical (unpaired) electrons. The summed E-state index contributed by atoms with van der Waals surface area (Å²) in [6, 6.07) is 16.2.